The van der Waals surface area contributed by atoms with E-state index in [-0.39, 0.29) is 29.7 Å². The first kappa shape index (κ1) is 18.6. The second-order valence-electron chi connectivity index (χ2n) is 6.58. The molecule has 0 spiro atoms. The Hall–Kier alpha value is -1.40. The van der Waals surface area contributed by atoms with Gasteiger partial charge in [0, 0.05) is 13.0 Å². The third-order valence-corrected chi connectivity index (χ3v) is 5.22. The van der Waals surface area contributed by atoms with Crippen LogP contribution in [0.2, 0.25) is 0 Å². The third-order valence-electron chi connectivity index (χ3n) is 3.45. The van der Waals surface area contributed by atoms with Gasteiger partial charge in [0.05, 0.1) is 4.90 Å². The molecule has 0 aromatic heterocycles. The van der Waals surface area contributed by atoms with Gasteiger partial charge >= 0.3 is 5.97 Å². The van der Waals surface area contributed by atoms with E-state index in [9.17, 15) is 13.2 Å². The molecule has 0 aliphatic carbocycles. The van der Waals surface area contributed by atoms with Crippen molar-refractivity contribution in [3.05, 3.63) is 28.8 Å². The van der Waals surface area contributed by atoms with Crippen LogP contribution in [0.5, 0.6) is 0 Å². The highest BCUT2D eigenvalue weighted by atomic mass is 32.2. The lowest BCUT2D eigenvalue weighted by molar-refractivity contribution is -0.137. The van der Waals surface area contributed by atoms with Gasteiger partial charge in [-0.25, -0.2) is 13.1 Å². The number of aliphatic carboxylic acids is 1. The molecule has 0 amide bonds. The maximum absolute atomic E-state index is 12.4. The number of nitrogens with one attached hydrogen (secondary N) is 1. The molecular formula is C16H25NO4S. The Balaban J connectivity index is 3.03. The van der Waals surface area contributed by atoms with Gasteiger partial charge in [-0.1, -0.05) is 32.9 Å². The Labute approximate surface area is 132 Å². The van der Waals surface area contributed by atoms with E-state index in [4.69, 9.17) is 5.11 Å². The quantitative estimate of drug-likeness (QED) is 0.787. The minimum atomic E-state index is -3.62. The van der Waals surface area contributed by atoms with Gasteiger partial charge in [0.1, 0.15) is 0 Å². The molecule has 0 bridgehead atoms. The minimum absolute atomic E-state index is 0.0489. The molecule has 0 radical (unpaired) electrons. The lowest BCUT2D eigenvalue weighted by Crippen LogP contribution is -2.27. The maximum atomic E-state index is 12.4. The van der Waals surface area contributed by atoms with E-state index in [0.29, 0.717) is 11.1 Å². The molecule has 1 rings (SSSR count). The van der Waals surface area contributed by atoms with Crippen LogP contribution in [-0.2, 0) is 20.2 Å². The standard InChI is InChI=1S/C16H25NO4S/c1-11-9-13(16(3,4)5)10-12(2)15(11)22(20,21)17-8-6-7-14(18)19/h9-10,17H,6-8H2,1-5H3,(H,18,19). The van der Waals surface area contributed by atoms with Gasteiger partial charge in [-0.2, -0.15) is 0 Å². The predicted octanol–water partition coefficient (Wildman–Crippen LogP) is 2.74. The molecule has 0 saturated heterocycles. The molecule has 22 heavy (non-hydrogen) atoms. The lowest BCUT2D eigenvalue weighted by Gasteiger charge is -2.22. The lowest BCUT2D eigenvalue weighted by atomic mass is 9.85. The summed E-state index contributed by atoms with van der Waals surface area (Å²) in [4.78, 5) is 10.7. The van der Waals surface area contributed by atoms with Crippen molar-refractivity contribution in [2.45, 2.75) is 57.8 Å². The van der Waals surface area contributed by atoms with E-state index in [0.717, 1.165) is 5.56 Å². The Morgan fingerprint density at radius 2 is 1.68 bits per heavy atom. The summed E-state index contributed by atoms with van der Waals surface area (Å²) in [6.07, 6.45) is 0.218. The van der Waals surface area contributed by atoms with Gasteiger partial charge < -0.3 is 5.11 Å². The first-order chi connectivity index (χ1) is 9.95. The van der Waals surface area contributed by atoms with Crippen LogP contribution in [0.15, 0.2) is 17.0 Å². The molecule has 1 aromatic carbocycles. The smallest absolute Gasteiger partial charge is 0.303 e. The number of hydrogen-bond acceptors (Lipinski definition) is 3. The van der Waals surface area contributed by atoms with Gasteiger partial charge in [0.15, 0.2) is 0 Å². The van der Waals surface area contributed by atoms with Crippen molar-refractivity contribution < 1.29 is 18.3 Å². The first-order valence-electron chi connectivity index (χ1n) is 7.28. The van der Waals surface area contributed by atoms with Gasteiger partial charge in [0.2, 0.25) is 10.0 Å². The fourth-order valence-corrected chi connectivity index (χ4v) is 3.85. The number of carboxylic acids is 1. The summed E-state index contributed by atoms with van der Waals surface area (Å²) >= 11 is 0. The number of carboxylic acid groups (broad SMARTS) is 1. The van der Waals surface area contributed by atoms with Crippen LogP contribution in [0.25, 0.3) is 0 Å². The molecule has 0 aliphatic heterocycles. The molecule has 0 aliphatic rings. The molecule has 0 unspecified atom stereocenters. The first-order valence-corrected chi connectivity index (χ1v) is 8.76. The van der Waals surface area contributed by atoms with Crippen LogP contribution in [0.4, 0.5) is 0 Å². The fourth-order valence-electron chi connectivity index (χ4n) is 2.33. The molecule has 124 valence electrons. The molecule has 6 heteroatoms. The van der Waals surface area contributed by atoms with Crippen molar-refractivity contribution in [3.63, 3.8) is 0 Å². The van der Waals surface area contributed by atoms with Crippen molar-refractivity contribution in [2.75, 3.05) is 6.54 Å². The van der Waals surface area contributed by atoms with Crippen LogP contribution in [0.3, 0.4) is 0 Å². The van der Waals surface area contributed by atoms with Gasteiger partial charge in [-0.05, 0) is 42.4 Å². The van der Waals surface area contributed by atoms with E-state index in [2.05, 4.69) is 25.5 Å². The monoisotopic (exact) mass is 327 g/mol. The van der Waals surface area contributed by atoms with Crippen LogP contribution in [-0.4, -0.2) is 26.0 Å². The van der Waals surface area contributed by atoms with Crippen LogP contribution < -0.4 is 4.72 Å². The number of carbonyl (C=O) groups is 1. The zero-order chi connectivity index (χ0) is 17.1. The van der Waals surface area contributed by atoms with Crippen molar-refractivity contribution in [2.24, 2.45) is 0 Å². The number of hydrogen-bond donors (Lipinski definition) is 2. The average Bonchev–Trinajstić information content (AvgIpc) is 2.32. The number of rotatable bonds is 6. The van der Waals surface area contributed by atoms with Crippen LogP contribution in [0.1, 0.15) is 50.3 Å². The fraction of sp³-hybridized carbons (Fsp3) is 0.562. The van der Waals surface area contributed by atoms with Crippen molar-refractivity contribution in [1.29, 1.82) is 0 Å². The summed E-state index contributed by atoms with van der Waals surface area (Å²) in [5.74, 6) is -0.930. The van der Waals surface area contributed by atoms with E-state index >= 15 is 0 Å². The summed E-state index contributed by atoms with van der Waals surface area (Å²) in [5.41, 5.74) is 2.45. The SMILES string of the molecule is Cc1cc(C(C)(C)C)cc(C)c1S(=O)(=O)NCCCC(=O)O. The molecule has 2 N–H and O–H groups in total. The topological polar surface area (TPSA) is 83.5 Å². The molecule has 1 aromatic rings. The van der Waals surface area contributed by atoms with Crippen molar-refractivity contribution in [1.82, 2.24) is 4.72 Å². The molecule has 5 nitrogen and oxygen atoms in total. The normalized spacial score (nSPS) is 12.4. The third kappa shape index (κ3) is 4.81. The second-order valence-corrected chi connectivity index (χ2v) is 8.29. The molecule has 0 heterocycles. The Morgan fingerprint density at radius 1 is 1.18 bits per heavy atom. The Kier molecular flexibility index (Phi) is 5.76. The van der Waals surface area contributed by atoms with E-state index in [1.54, 1.807) is 13.8 Å². The highest BCUT2D eigenvalue weighted by Gasteiger charge is 2.22. The molecular weight excluding hydrogens is 302 g/mol. The zero-order valence-corrected chi connectivity index (χ0v) is 14.7. The Morgan fingerprint density at radius 3 is 2.09 bits per heavy atom. The molecule has 0 atom stereocenters. The zero-order valence-electron chi connectivity index (χ0n) is 13.9. The number of benzene rings is 1. The second kappa shape index (κ2) is 6.79. The predicted molar refractivity (Wildman–Crippen MR) is 86.7 cm³/mol. The number of sulfonamides is 1. The molecule has 0 saturated carbocycles. The van der Waals surface area contributed by atoms with E-state index in [1.807, 2.05) is 12.1 Å². The maximum Gasteiger partial charge on any atom is 0.303 e. The average molecular weight is 327 g/mol. The van der Waals surface area contributed by atoms with Gasteiger partial charge in [-0.15, -0.1) is 0 Å². The van der Waals surface area contributed by atoms with Gasteiger partial charge in [-0.3, -0.25) is 4.79 Å². The summed E-state index contributed by atoms with van der Waals surface area (Å²) in [6, 6.07) is 3.80. The van der Waals surface area contributed by atoms with Crippen LogP contribution in [0, 0.1) is 13.8 Å². The van der Waals surface area contributed by atoms with Crippen molar-refractivity contribution >= 4 is 16.0 Å². The highest BCUT2D eigenvalue weighted by Crippen LogP contribution is 2.29. The number of aryl methyl sites for hydroxylation is 2. The summed E-state index contributed by atoms with van der Waals surface area (Å²) in [5, 5.41) is 8.58. The summed E-state index contributed by atoms with van der Waals surface area (Å²) in [6.45, 7) is 9.94. The van der Waals surface area contributed by atoms with E-state index < -0.39 is 16.0 Å². The minimum Gasteiger partial charge on any atom is -0.481 e. The summed E-state index contributed by atoms with van der Waals surface area (Å²) < 4.78 is 27.3. The van der Waals surface area contributed by atoms with Crippen LogP contribution >= 0.6 is 0 Å². The largest absolute Gasteiger partial charge is 0.481 e. The molecule has 0 fully saturated rings. The van der Waals surface area contributed by atoms with Gasteiger partial charge in [0.25, 0.3) is 0 Å². The van der Waals surface area contributed by atoms with Crippen molar-refractivity contribution in [3.8, 4) is 0 Å². The summed E-state index contributed by atoms with van der Waals surface area (Å²) in [7, 11) is -3.62. The Bertz CT molecular complexity index is 634. The highest BCUT2D eigenvalue weighted by molar-refractivity contribution is 7.89. The van der Waals surface area contributed by atoms with E-state index in [1.165, 1.54) is 0 Å².